The van der Waals surface area contributed by atoms with Crippen LogP contribution in [-0.4, -0.2) is 27.6 Å². The van der Waals surface area contributed by atoms with Crippen LogP contribution in [0.3, 0.4) is 0 Å². The van der Waals surface area contributed by atoms with Crippen LogP contribution in [0.1, 0.15) is 149 Å². The quantitative estimate of drug-likeness (QED) is 0.125. The standard InChI is InChI=1S/C37H56O5/c1-14-15-16-17-30(38)42-31(39)22-25(23-18-26(34(2,3)4)32(40)27(19-23)35(5,6)7)24-20-28(36(8,9)10)33(41)29(21-24)37(11,12)13/h18-22,30,38,40-41H,14-17H2,1-13H3. The number of esters is 1. The number of aliphatic hydroxyl groups excluding tert-OH is 1. The molecule has 0 aromatic heterocycles. The molecule has 234 valence electrons. The molecule has 0 aliphatic heterocycles. The monoisotopic (exact) mass is 580 g/mol. The molecule has 2 rings (SSSR count). The van der Waals surface area contributed by atoms with Crippen molar-refractivity contribution in [1.82, 2.24) is 0 Å². The van der Waals surface area contributed by atoms with Gasteiger partial charge in [0.05, 0.1) is 0 Å². The Morgan fingerprint density at radius 1 is 0.690 bits per heavy atom. The van der Waals surface area contributed by atoms with E-state index < -0.39 is 12.3 Å². The lowest BCUT2D eigenvalue weighted by molar-refractivity contribution is -0.162. The zero-order chi connectivity index (χ0) is 32.4. The van der Waals surface area contributed by atoms with E-state index in [0.29, 0.717) is 12.0 Å². The molecule has 42 heavy (non-hydrogen) atoms. The normalized spacial score (nSPS) is 13.6. The molecule has 0 aliphatic carbocycles. The molecule has 0 bridgehead atoms. The molecule has 2 aromatic carbocycles. The number of rotatable bonds is 8. The van der Waals surface area contributed by atoms with Crippen molar-refractivity contribution >= 4 is 11.5 Å². The number of phenols is 2. The first kappa shape index (κ1) is 35.4. The SMILES string of the molecule is CCCCCC(O)OC(=O)C=C(c1cc(C(C)(C)C)c(O)c(C(C)(C)C)c1)c1cc(C(C)(C)C)c(O)c(C(C)(C)C)c1. The molecule has 0 fully saturated rings. The van der Waals surface area contributed by atoms with Crippen LogP contribution in [0.2, 0.25) is 0 Å². The Labute approximate surface area is 255 Å². The number of carbonyl (C=O) groups excluding carboxylic acids is 1. The number of phenolic OH excluding ortho intramolecular Hbond substituents is 2. The molecule has 0 heterocycles. The highest BCUT2D eigenvalue weighted by Crippen LogP contribution is 2.45. The predicted molar refractivity (Wildman–Crippen MR) is 174 cm³/mol. The molecule has 3 N–H and O–H groups in total. The Hall–Kier alpha value is -2.79. The van der Waals surface area contributed by atoms with Crippen molar-refractivity contribution in [3.63, 3.8) is 0 Å². The fraction of sp³-hybridized carbons (Fsp3) is 0.595. The van der Waals surface area contributed by atoms with E-state index in [1.807, 2.05) is 24.3 Å². The van der Waals surface area contributed by atoms with Crippen LogP contribution in [0.4, 0.5) is 0 Å². The highest BCUT2D eigenvalue weighted by atomic mass is 16.6. The van der Waals surface area contributed by atoms with Gasteiger partial charge in [0, 0.05) is 34.8 Å². The van der Waals surface area contributed by atoms with Gasteiger partial charge in [-0.3, -0.25) is 0 Å². The molecule has 0 aliphatic rings. The maximum Gasteiger partial charge on any atom is 0.333 e. The second-order valence-corrected chi connectivity index (χ2v) is 15.8. The molecule has 1 unspecified atom stereocenters. The average Bonchev–Trinajstić information content (AvgIpc) is 2.80. The van der Waals surface area contributed by atoms with Crippen LogP contribution in [-0.2, 0) is 31.2 Å². The highest BCUT2D eigenvalue weighted by Gasteiger charge is 2.30. The minimum atomic E-state index is -1.19. The summed E-state index contributed by atoms with van der Waals surface area (Å²) in [6, 6.07) is 7.78. The van der Waals surface area contributed by atoms with Gasteiger partial charge in [-0.05, 0) is 69.0 Å². The van der Waals surface area contributed by atoms with E-state index in [1.165, 1.54) is 6.08 Å². The maximum atomic E-state index is 13.3. The summed E-state index contributed by atoms with van der Waals surface area (Å²) in [7, 11) is 0. The minimum Gasteiger partial charge on any atom is -0.507 e. The lowest BCUT2D eigenvalue weighted by Gasteiger charge is -2.30. The van der Waals surface area contributed by atoms with Crippen LogP contribution >= 0.6 is 0 Å². The summed E-state index contributed by atoms with van der Waals surface area (Å²) in [6.07, 6.45) is 3.36. The lowest BCUT2D eigenvalue weighted by atomic mass is 9.75. The van der Waals surface area contributed by atoms with Crippen molar-refractivity contribution in [3.05, 3.63) is 63.7 Å². The summed E-state index contributed by atoms with van der Waals surface area (Å²) in [6.45, 7) is 26.7. The summed E-state index contributed by atoms with van der Waals surface area (Å²) in [4.78, 5) is 13.3. The average molecular weight is 581 g/mol. The number of hydrogen-bond acceptors (Lipinski definition) is 5. The van der Waals surface area contributed by atoms with Gasteiger partial charge in [-0.25, -0.2) is 4.79 Å². The number of aromatic hydroxyl groups is 2. The molecule has 0 spiro atoms. The first-order chi connectivity index (χ1) is 19.0. The van der Waals surface area contributed by atoms with Crippen molar-refractivity contribution in [2.45, 2.75) is 144 Å². The smallest absolute Gasteiger partial charge is 0.333 e. The lowest BCUT2D eigenvalue weighted by Crippen LogP contribution is -2.19. The summed E-state index contributed by atoms with van der Waals surface area (Å²) >= 11 is 0. The number of unbranched alkanes of at least 4 members (excludes halogenated alkanes) is 2. The number of hydrogen-bond donors (Lipinski definition) is 3. The van der Waals surface area contributed by atoms with E-state index in [1.54, 1.807) is 0 Å². The third-order valence-electron chi connectivity index (χ3n) is 7.64. The topological polar surface area (TPSA) is 87.0 Å². The van der Waals surface area contributed by atoms with Gasteiger partial charge in [-0.2, -0.15) is 0 Å². The van der Waals surface area contributed by atoms with Gasteiger partial charge in [-0.15, -0.1) is 0 Å². The van der Waals surface area contributed by atoms with Gasteiger partial charge >= 0.3 is 5.97 Å². The van der Waals surface area contributed by atoms with Gasteiger partial charge in [0.2, 0.25) is 6.29 Å². The first-order valence-electron chi connectivity index (χ1n) is 15.4. The van der Waals surface area contributed by atoms with Crippen molar-refractivity contribution in [2.24, 2.45) is 0 Å². The molecule has 0 radical (unpaired) electrons. The number of carbonyl (C=O) groups is 1. The van der Waals surface area contributed by atoms with E-state index >= 15 is 0 Å². The maximum absolute atomic E-state index is 13.3. The second kappa shape index (κ2) is 12.8. The summed E-state index contributed by atoms with van der Waals surface area (Å²) < 4.78 is 5.45. The van der Waals surface area contributed by atoms with Crippen LogP contribution < -0.4 is 0 Å². The molecule has 0 saturated carbocycles. The number of ether oxygens (including phenoxy) is 1. The third kappa shape index (κ3) is 8.86. The molecule has 2 aromatic rings. The van der Waals surface area contributed by atoms with E-state index in [9.17, 15) is 20.1 Å². The van der Waals surface area contributed by atoms with Crippen LogP contribution in [0.15, 0.2) is 30.3 Å². The fourth-order valence-corrected chi connectivity index (χ4v) is 5.11. The van der Waals surface area contributed by atoms with Gasteiger partial charge in [0.15, 0.2) is 0 Å². The molecular weight excluding hydrogens is 524 g/mol. The summed E-state index contributed by atoms with van der Waals surface area (Å²) in [5, 5.41) is 33.2. The molecule has 0 saturated heterocycles. The predicted octanol–water partition coefficient (Wildman–Crippen LogP) is 9.16. The molecule has 5 nitrogen and oxygen atoms in total. The largest absolute Gasteiger partial charge is 0.507 e. The Morgan fingerprint density at radius 2 is 1.02 bits per heavy atom. The van der Waals surface area contributed by atoms with Crippen molar-refractivity contribution < 1.29 is 24.9 Å². The highest BCUT2D eigenvalue weighted by molar-refractivity contribution is 5.97. The van der Waals surface area contributed by atoms with E-state index in [4.69, 9.17) is 4.74 Å². The van der Waals surface area contributed by atoms with Crippen molar-refractivity contribution in [3.8, 4) is 11.5 Å². The Balaban J connectivity index is 2.98. The van der Waals surface area contributed by atoms with Gasteiger partial charge in [0.25, 0.3) is 0 Å². The van der Waals surface area contributed by atoms with Gasteiger partial charge in [0.1, 0.15) is 11.5 Å². The summed E-state index contributed by atoms with van der Waals surface area (Å²) in [5.74, 6) is -0.133. The molecule has 0 amide bonds. The second-order valence-electron chi connectivity index (χ2n) is 15.8. The van der Waals surface area contributed by atoms with E-state index in [2.05, 4.69) is 90.0 Å². The van der Waals surface area contributed by atoms with E-state index in [0.717, 1.165) is 52.6 Å². The number of aliphatic hydroxyl groups is 1. The Bertz CT molecular complexity index is 1130. The Kier molecular flexibility index (Phi) is 10.8. The minimum absolute atomic E-state index is 0.253. The zero-order valence-electron chi connectivity index (χ0n) is 28.5. The molecule has 5 heteroatoms. The zero-order valence-corrected chi connectivity index (χ0v) is 28.5. The molecule has 1 atom stereocenters. The number of benzene rings is 2. The summed E-state index contributed by atoms with van der Waals surface area (Å²) in [5.41, 5.74) is 3.72. The van der Waals surface area contributed by atoms with Crippen LogP contribution in [0.5, 0.6) is 11.5 Å². The van der Waals surface area contributed by atoms with Crippen molar-refractivity contribution in [1.29, 1.82) is 0 Å². The molecular formula is C37H56O5. The fourth-order valence-electron chi connectivity index (χ4n) is 5.11. The Morgan fingerprint density at radius 3 is 1.31 bits per heavy atom. The third-order valence-corrected chi connectivity index (χ3v) is 7.64. The van der Waals surface area contributed by atoms with Crippen LogP contribution in [0, 0.1) is 0 Å². The van der Waals surface area contributed by atoms with Gasteiger partial charge in [-0.1, -0.05) is 103 Å². The van der Waals surface area contributed by atoms with Crippen molar-refractivity contribution in [2.75, 3.05) is 0 Å². The van der Waals surface area contributed by atoms with Crippen LogP contribution in [0.25, 0.3) is 5.57 Å². The van der Waals surface area contributed by atoms with Gasteiger partial charge < -0.3 is 20.1 Å². The first-order valence-corrected chi connectivity index (χ1v) is 15.4. The van der Waals surface area contributed by atoms with E-state index in [-0.39, 0.29) is 33.2 Å².